The average Bonchev–Trinajstić information content (AvgIpc) is 2.33. The molecule has 1 fully saturated rings. The minimum Gasteiger partial charge on any atom is -0.480 e. The van der Waals surface area contributed by atoms with Gasteiger partial charge in [-0.3, -0.25) is 4.21 Å². The summed E-state index contributed by atoms with van der Waals surface area (Å²) in [7, 11) is -0.864. The fraction of sp³-hybridized carbons (Fsp3) is 0.833. The maximum absolute atomic E-state index is 12.0. The number of carbonyl (C=O) groups excluding carboxylic acids is 1. The van der Waals surface area contributed by atoms with Crippen molar-refractivity contribution in [3.05, 3.63) is 0 Å². The molecule has 1 saturated heterocycles. The predicted molar refractivity (Wildman–Crippen MR) is 73.5 cm³/mol. The lowest BCUT2D eigenvalue weighted by atomic mass is 9.91. The number of carboxylic acid groups (broad SMARTS) is 1. The number of likely N-dealkylation sites (tertiary alicyclic amines) is 1. The Balaban J connectivity index is 2.49. The zero-order chi connectivity index (χ0) is 14.4. The molecule has 2 N–H and O–H groups in total. The number of rotatable bonds is 5. The molecule has 3 atom stereocenters. The Bertz CT molecular complexity index is 362. The van der Waals surface area contributed by atoms with E-state index >= 15 is 0 Å². The van der Waals surface area contributed by atoms with E-state index in [0.29, 0.717) is 25.3 Å². The highest BCUT2D eigenvalue weighted by Gasteiger charge is 2.36. The van der Waals surface area contributed by atoms with Gasteiger partial charge in [-0.05, 0) is 25.2 Å². The summed E-state index contributed by atoms with van der Waals surface area (Å²) in [5.74, 6) is -0.434. The van der Waals surface area contributed by atoms with Crippen molar-refractivity contribution in [2.24, 2.45) is 5.92 Å². The Kier molecular flexibility index (Phi) is 6.27. The molecule has 110 valence electrons. The van der Waals surface area contributed by atoms with E-state index in [4.69, 9.17) is 0 Å². The number of aliphatic carboxylic acids is 1. The van der Waals surface area contributed by atoms with Crippen LogP contribution in [0.5, 0.6) is 0 Å². The van der Waals surface area contributed by atoms with Crippen LogP contribution in [-0.2, 0) is 15.6 Å². The van der Waals surface area contributed by atoms with Gasteiger partial charge in [0.25, 0.3) is 0 Å². The molecule has 1 aliphatic heterocycles. The number of carbonyl (C=O) groups is 2. The van der Waals surface area contributed by atoms with Crippen molar-refractivity contribution in [1.29, 1.82) is 0 Å². The van der Waals surface area contributed by atoms with E-state index in [2.05, 4.69) is 5.32 Å². The molecule has 1 heterocycles. The highest BCUT2D eigenvalue weighted by molar-refractivity contribution is 7.84. The fourth-order valence-corrected chi connectivity index (χ4v) is 2.92. The molecule has 7 heteroatoms. The maximum Gasteiger partial charge on any atom is 0.326 e. The van der Waals surface area contributed by atoms with Gasteiger partial charge in [0.1, 0.15) is 6.04 Å². The number of urea groups is 1. The second-order valence-corrected chi connectivity index (χ2v) is 6.51. The molecule has 0 aliphatic carbocycles. The molecule has 3 unspecified atom stereocenters. The molecular formula is C12H22N2O4S. The maximum atomic E-state index is 12.0. The number of hydrogen-bond donors (Lipinski definition) is 2. The van der Waals surface area contributed by atoms with E-state index in [9.17, 15) is 18.9 Å². The zero-order valence-corrected chi connectivity index (χ0v) is 12.2. The first kappa shape index (κ1) is 15.9. The standard InChI is InChI=1S/C12H22N2O4S/c1-9-5-3-7-14(10(9)11(15)16)12(17)13-6-4-8-19(2)18/h9-10H,3-8H2,1-2H3,(H,13,17)(H,15,16). The minimum absolute atomic E-state index is 0.0276. The van der Waals surface area contributed by atoms with Crippen LogP contribution in [-0.4, -0.2) is 57.4 Å². The van der Waals surface area contributed by atoms with Gasteiger partial charge in [0.15, 0.2) is 0 Å². The number of amides is 2. The summed E-state index contributed by atoms with van der Waals surface area (Å²) in [6, 6.07) is -1.07. The van der Waals surface area contributed by atoms with Crippen LogP contribution >= 0.6 is 0 Å². The van der Waals surface area contributed by atoms with Crippen molar-refractivity contribution in [1.82, 2.24) is 10.2 Å². The van der Waals surface area contributed by atoms with Gasteiger partial charge in [0.05, 0.1) is 0 Å². The van der Waals surface area contributed by atoms with Crippen LogP contribution in [0.15, 0.2) is 0 Å². The summed E-state index contributed by atoms with van der Waals surface area (Å²) >= 11 is 0. The molecule has 0 saturated carbocycles. The normalized spacial score (nSPS) is 24.8. The number of nitrogens with zero attached hydrogens (tertiary/aromatic N) is 1. The second-order valence-electron chi connectivity index (χ2n) is 4.96. The van der Waals surface area contributed by atoms with E-state index in [1.165, 1.54) is 4.90 Å². The average molecular weight is 290 g/mol. The number of nitrogens with one attached hydrogen (secondary N) is 1. The predicted octanol–water partition coefficient (Wildman–Crippen LogP) is 0.650. The summed E-state index contributed by atoms with van der Waals surface area (Å²) in [6.07, 6.45) is 3.91. The van der Waals surface area contributed by atoms with Crippen LogP contribution in [0.1, 0.15) is 26.2 Å². The quantitative estimate of drug-likeness (QED) is 0.728. The highest BCUT2D eigenvalue weighted by Crippen LogP contribution is 2.23. The lowest BCUT2D eigenvalue weighted by Gasteiger charge is -2.37. The third-order valence-corrected chi connectivity index (χ3v) is 4.20. The summed E-state index contributed by atoms with van der Waals surface area (Å²) in [4.78, 5) is 24.6. The number of carboxylic acids is 1. The molecule has 1 rings (SSSR count). The van der Waals surface area contributed by atoms with Crippen LogP contribution in [0.3, 0.4) is 0 Å². The van der Waals surface area contributed by atoms with Crippen molar-refractivity contribution < 1.29 is 18.9 Å². The van der Waals surface area contributed by atoms with Crippen LogP contribution in [0, 0.1) is 5.92 Å². The molecule has 0 aromatic rings. The Morgan fingerprint density at radius 3 is 2.74 bits per heavy atom. The van der Waals surface area contributed by atoms with Gasteiger partial charge < -0.3 is 15.3 Å². The summed E-state index contributed by atoms with van der Waals surface area (Å²) in [5, 5.41) is 11.9. The monoisotopic (exact) mass is 290 g/mol. The Morgan fingerprint density at radius 2 is 2.16 bits per heavy atom. The van der Waals surface area contributed by atoms with Crippen LogP contribution in [0.4, 0.5) is 4.79 Å². The topological polar surface area (TPSA) is 86.7 Å². The van der Waals surface area contributed by atoms with E-state index < -0.39 is 22.8 Å². The Hall–Kier alpha value is -1.11. The number of hydrogen-bond acceptors (Lipinski definition) is 3. The largest absolute Gasteiger partial charge is 0.480 e. The molecule has 1 aliphatic rings. The first-order chi connectivity index (χ1) is 8.93. The van der Waals surface area contributed by atoms with E-state index in [-0.39, 0.29) is 11.9 Å². The first-order valence-electron chi connectivity index (χ1n) is 6.50. The third-order valence-electron chi connectivity index (χ3n) is 3.33. The SMILES string of the molecule is CC1CCCN(C(=O)NCCCS(C)=O)C1C(=O)O. The van der Waals surface area contributed by atoms with E-state index in [0.717, 1.165) is 12.8 Å². The third kappa shape index (κ3) is 4.81. The molecule has 0 spiro atoms. The first-order valence-corrected chi connectivity index (χ1v) is 8.23. The van der Waals surface area contributed by atoms with E-state index in [1.54, 1.807) is 6.26 Å². The molecule has 6 nitrogen and oxygen atoms in total. The Labute approximate surface area is 116 Å². The van der Waals surface area contributed by atoms with Crippen LogP contribution in [0.2, 0.25) is 0 Å². The van der Waals surface area contributed by atoms with Gasteiger partial charge in [-0.1, -0.05) is 6.92 Å². The summed E-state index contributed by atoms with van der Waals surface area (Å²) in [6.45, 7) is 2.76. The van der Waals surface area contributed by atoms with Crippen molar-refractivity contribution >= 4 is 22.8 Å². The molecule has 2 amide bonds. The zero-order valence-electron chi connectivity index (χ0n) is 11.4. The van der Waals surface area contributed by atoms with Gasteiger partial charge in [-0.2, -0.15) is 0 Å². The van der Waals surface area contributed by atoms with Crippen LogP contribution < -0.4 is 5.32 Å². The molecule has 0 radical (unpaired) electrons. The van der Waals surface area contributed by atoms with Crippen molar-refractivity contribution in [2.75, 3.05) is 25.1 Å². The van der Waals surface area contributed by atoms with Gasteiger partial charge >= 0.3 is 12.0 Å². The highest BCUT2D eigenvalue weighted by atomic mass is 32.2. The molecule has 0 aromatic carbocycles. The van der Waals surface area contributed by atoms with Crippen molar-refractivity contribution in [3.8, 4) is 0 Å². The van der Waals surface area contributed by atoms with Crippen LogP contribution in [0.25, 0.3) is 0 Å². The lowest BCUT2D eigenvalue weighted by molar-refractivity contribution is -0.145. The minimum atomic E-state index is -0.947. The summed E-state index contributed by atoms with van der Waals surface area (Å²) < 4.78 is 10.9. The van der Waals surface area contributed by atoms with Gasteiger partial charge in [-0.15, -0.1) is 0 Å². The second kappa shape index (κ2) is 7.47. The fourth-order valence-electron chi connectivity index (χ4n) is 2.36. The van der Waals surface area contributed by atoms with Gasteiger partial charge in [0.2, 0.25) is 0 Å². The summed E-state index contributed by atoms with van der Waals surface area (Å²) in [5.41, 5.74) is 0. The van der Waals surface area contributed by atoms with Crippen molar-refractivity contribution in [2.45, 2.75) is 32.2 Å². The number of piperidine rings is 1. The molecular weight excluding hydrogens is 268 g/mol. The molecule has 0 aromatic heterocycles. The lowest BCUT2D eigenvalue weighted by Crippen LogP contribution is -2.55. The van der Waals surface area contributed by atoms with E-state index in [1.807, 2.05) is 6.92 Å². The van der Waals surface area contributed by atoms with Crippen molar-refractivity contribution in [3.63, 3.8) is 0 Å². The smallest absolute Gasteiger partial charge is 0.326 e. The van der Waals surface area contributed by atoms with Gasteiger partial charge in [0, 0.05) is 35.9 Å². The molecule has 19 heavy (non-hydrogen) atoms. The Morgan fingerprint density at radius 1 is 1.47 bits per heavy atom. The molecule has 0 bridgehead atoms. The van der Waals surface area contributed by atoms with Gasteiger partial charge in [-0.25, -0.2) is 9.59 Å².